The van der Waals surface area contributed by atoms with E-state index in [9.17, 15) is 22.8 Å². The molecule has 2 aromatic heterocycles. The lowest BCUT2D eigenvalue weighted by molar-refractivity contribution is -0.137. The molecule has 0 saturated carbocycles. The molecule has 1 aliphatic rings. The van der Waals surface area contributed by atoms with E-state index in [-0.39, 0.29) is 24.0 Å². The van der Waals surface area contributed by atoms with Crippen LogP contribution in [0.4, 0.5) is 18.9 Å². The highest BCUT2D eigenvalue weighted by molar-refractivity contribution is 5.95. The van der Waals surface area contributed by atoms with Crippen LogP contribution in [0.15, 0.2) is 65.6 Å². The molecule has 2 aromatic carbocycles. The van der Waals surface area contributed by atoms with Gasteiger partial charge in [0.25, 0.3) is 5.56 Å². The number of imidazole rings is 1. The molecular formula is C29H29F3N4O3. The number of hydrogen-bond acceptors (Lipinski definition) is 4. The lowest BCUT2D eigenvalue weighted by Gasteiger charge is -2.16. The van der Waals surface area contributed by atoms with Crippen molar-refractivity contribution in [3.8, 4) is 17.1 Å². The number of halogens is 3. The highest BCUT2D eigenvalue weighted by atomic mass is 19.4. The normalized spacial score (nSPS) is 13.9. The maximum absolute atomic E-state index is 13.0. The molecule has 0 aliphatic carbocycles. The predicted molar refractivity (Wildman–Crippen MR) is 142 cm³/mol. The maximum Gasteiger partial charge on any atom is 0.416 e. The number of aryl methyl sites for hydroxylation is 1. The summed E-state index contributed by atoms with van der Waals surface area (Å²) in [5, 5.41) is 0. The fourth-order valence-electron chi connectivity index (χ4n) is 4.80. The van der Waals surface area contributed by atoms with Gasteiger partial charge in [0.1, 0.15) is 6.61 Å². The van der Waals surface area contributed by atoms with Gasteiger partial charge in [-0.1, -0.05) is 44.0 Å². The second kappa shape index (κ2) is 11.0. The maximum atomic E-state index is 13.0. The molecule has 1 saturated heterocycles. The first-order valence-corrected chi connectivity index (χ1v) is 13.1. The Hall–Kier alpha value is -4.08. The van der Waals surface area contributed by atoms with Gasteiger partial charge in [-0.2, -0.15) is 18.2 Å². The van der Waals surface area contributed by atoms with E-state index in [4.69, 9.17) is 4.74 Å². The van der Waals surface area contributed by atoms with Gasteiger partial charge in [0, 0.05) is 31.4 Å². The van der Waals surface area contributed by atoms with Gasteiger partial charge in [-0.3, -0.25) is 14.0 Å². The first-order chi connectivity index (χ1) is 18.7. The number of ether oxygens (including phenoxy) is 1. The number of amides is 1. The Balaban J connectivity index is 1.44. The summed E-state index contributed by atoms with van der Waals surface area (Å²) in [5.74, 6) is 0.648. The number of rotatable bonds is 9. The number of alkyl halides is 3. The number of carbonyl (C=O) groups excluding carboxylic acids is 1. The number of fused-ring (bicyclic) bond motifs is 1. The molecule has 1 fully saturated rings. The highest BCUT2D eigenvalue weighted by Crippen LogP contribution is 2.30. The Morgan fingerprint density at radius 2 is 1.74 bits per heavy atom. The monoisotopic (exact) mass is 538 g/mol. The molecule has 0 atom stereocenters. The molecule has 1 amide bonds. The number of aromatic nitrogens is 3. The molecule has 0 N–H and O–H groups in total. The third-order valence-electron chi connectivity index (χ3n) is 6.90. The van der Waals surface area contributed by atoms with Crippen molar-refractivity contribution in [2.75, 3.05) is 11.4 Å². The first kappa shape index (κ1) is 26.5. The van der Waals surface area contributed by atoms with Crippen LogP contribution in [0.3, 0.4) is 0 Å². The molecule has 0 spiro atoms. The molecule has 1 aliphatic heterocycles. The van der Waals surface area contributed by atoms with Crippen LogP contribution in [0.25, 0.3) is 17.0 Å². The van der Waals surface area contributed by atoms with Crippen LogP contribution in [0.2, 0.25) is 0 Å². The van der Waals surface area contributed by atoms with E-state index < -0.39 is 11.7 Å². The smallest absolute Gasteiger partial charge is 0.416 e. The summed E-state index contributed by atoms with van der Waals surface area (Å²) in [6, 6.07) is 13.7. The first-order valence-electron chi connectivity index (χ1n) is 13.1. The number of nitrogens with zero attached hydrogens (tertiary/aromatic N) is 4. The lowest BCUT2D eigenvalue weighted by atomic mass is 10.1. The Kier molecular flexibility index (Phi) is 7.45. The van der Waals surface area contributed by atoms with Crippen LogP contribution in [0.1, 0.15) is 50.2 Å². The van der Waals surface area contributed by atoms with E-state index in [2.05, 4.69) is 11.9 Å². The fraction of sp³-hybridized carbons (Fsp3) is 0.345. The van der Waals surface area contributed by atoms with Crippen molar-refractivity contribution >= 4 is 17.4 Å². The minimum absolute atomic E-state index is 0.0270. The third kappa shape index (κ3) is 5.69. The van der Waals surface area contributed by atoms with Gasteiger partial charge in [-0.25, -0.2) is 0 Å². The van der Waals surface area contributed by atoms with E-state index in [1.54, 1.807) is 11.1 Å². The SMILES string of the molecule is CCCCCn1c(-c2ccc(N3CCCC3=O)cc2)cn2c(=O)cc(OCc3ccc(C(F)(F)F)cc3)nc12. The van der Waals surface area contributed by atoms with Crippen LogP contribution in [-0.4, -0.2) is 26.4 Å². The second-order valence-corrected chi connectivity index (χ2v) is 9.65. The Morgan fingerprint density at radius 1 is 1.00 bits per heavy atom. The third-order valence-corrected chi connectivity index (χ3v) is 6.90. The summed E-state index contributed by atoms with van der Waals surface area (Å²) in [4.78, 5) is 31.5. The quantitative estimate of drug-likeness (QED) is 0.242. The highest BCUT2D eigenvalue weighted by Gasteiger charge is 2.30. The average Bonchev–Trinajstić information content (AvgIpc) is 3.51. The van der Waals surface area contributed by atoms with Gasteiger partial charge in [0.15, 0.2) is 0 Å². The van der Waals surface area contributed by atoms with E-state index in [0.29, 0.717) is 30.9 Å². The average molecular weight is 539 g/mol. The Morgan fingerprint density at radius 3 is 2.38 bits per heavy atom. The van der Waals surface area contributed by atoms with Gasteiger partial charge in [-0.15, -0.1) is 0 Å². The summed E-state index contributed by atoms with van der Waals surface area (Å²) in [7, 11) is 0. The van der Waals surface area contributed by atoms with Crippen molar-refractivity contribution in [3.63, 3.8) is 0 Å². The second-order valence-electron chi connectivity index (χ2n) is 9.65. The van der Waals surface area contributed by atoms with E-state index in [1.807, 2.05) is 28.8 Å². The molecule has 0 bridgehead atoms. The topological polar surface area (TPSA) is 68.8 Å². The van der Waals surface area contributed by atoms with Crippen molar-refractivity contribution < 1.29 is 22.7 Å². The molecule has 3 heterocycles. The van der Waals surface area contributed by atoms with Crippen molar-refractivity contribution in [3.05, 3.63) is 82.3 Å². The van der Waals surface area contributed by atoms with Gasteiger partial charge < -0.3 is 14.2 Å². The standard InChI is InChI=1S/C29H29F3N4O3/c1-2-3-4-15-35-24(21-9-13-23(14-10-21)34-16-5-6-26(34)37)18-36-27(38)17-25(33-28(35)36)39-19-20-7-11-22(12-8-20)29(30,31)32/h7-14,17-18H,2-6,15-16,19H2,1H3. The zero-order valence-corrected chi connectivity index (χ0v) is 21.6. The van der Waals surface area contributed by atoms with Gasteiger partial charge in [-0.05, 0) is 48.2 Å². The van der Waals surface area contributed by atoms with E-state index in [0.717, 1.165) is 54.8 Å². The van der Waals surface area contributed by atoms with Crippen molar-refractivity contribution in [1.82, 2.24) is 14.0 Å². The predicted octanol–water partition coefficient (Wildman–Crippen LogP) is 6.08. The zero-order valence-electron chi connectivity index (χ0n) is 21.6. The van der Waals surface area contributed by atoms with Crippen molar-refractivity contribution in [2.24, 2.45) is 0 Å². The van der Waals surface area contributed by atoms with Gasteiger partial charge in [0.05, 0.1) is 17.3 Å². The van der Waals surface area contributed by atoms with Crippen LogP contribution in [0, 0.1) is 0 Å². The Labute approximate surface area is 223 Å². The Bertz CT molecular complexity index is 1520. The molecule has 204 valence electrons. The molecule has 0 unspecified atom stereocenters. The van der Waals surface area contributed by atoms with Gasteiger partial charge >= 0.3 is 6.18 Å². The van der Waals surface area contributed by atoms with E-state index >= 15 is 0 Å². The summed E-state index contributed by atoms with van der Waals surface area (Å²) < 4.78 is 47.7. The fourth-order valence-corrected chi connectivity index (χ4v) is 4.80. The molecule has 5 rings (SSSR count). The zero-order chi connectivity index (χ0) is 27.6. The van der Waals surface area contributed by atoms with Crippen LogP contribution in [-0.2, 0) is 24.1 Å². The summed E-state index contributed by atoms with van der Waals surface area (Å²) in [6.07, 6.45) is 1.69. The minimum atomic E-state index is -4.41. The number of benzene rings is 2. The van der Waals surface area contributed by atoms with Crippen LogP contribution in [0.5, 0.6) is 5.88 Å². The van der Waals surface area contributed by atoms with Gasteiger partial charge in [0.2, 0.25) is 17.6 Å². The lowest BCUT2D eigenvalue weighted by Crippen LogP contribution is -2.23. The number of unbranched alkanes of at least 4 members (excludes halogenated alkanes) is 2. The number of hydrogen-bond donors (Lipinski definition) is 0. The van der Waals surface area contributed by atoms with E-state index in [1.165, 1.54) is 22.6 Å². The van der Waals surface area contributed by atoms with Crippen molar-refractivity contribution in [2.45, 2.75) is 58.4 Å². The molecule has 10 heteroatoms. The summed E-state index contributed by atoms with van der Waals surface area (Å²) in [5.41, 5.74) is 2.03. The number of carbonyl (C=O) groups is 1. The van der Waals surface area contributed by atoms with Crippen LogP contribution >= 0.6 is 0 Å². The number of anilines is 1. The minimum Gasteiger partial charge on any atom is -0.473 e. The molecule has 7 nitrogen and oxygen atoms in total. The molecular weight excluding hydrogens is 509 g/mol. The molecule has 39 heavy (non-hydrogen) atoms. The molecule has 4 aromatic rings. The summed E-state index contributed by atoms with van der Waals surface area (Å²) >= 11 is 0. The van der Waals surface area contributed by atoms with Crippen LogP contribution < -0.4 is 15.2 Å². The largest absolute Gasteiger partial charge is 0.473 e. The molecule has 0 radical (unpaired) electrons. The summed E-state index contributed by atoms with van der Waals surface area (Å²) in [6.45, 7) is 3.44. The van der Waals surface area contributed by atoms with Crippen molar-refractivity contribution in [1.29, 1.82) is 0 Å².